The smallest absolute Gasteiger partial charge is 0.328 e. The summed E-state index contributed by atoms with van der Waals surface area (Å²) in [4.78, 5) is 35.3. The Labute approximate surface area is 177 Å². The van der Waals surface area contributed by atoms with E-state index < -0.39 is 22.8 Å². The SMILES string of the molecule is COC(=O)[C@@H](Cc1cc([N+](=O)[O-])ccc1OC)NC(=O)c1cc(Br)cc(Br)c1. The highest BCUT2D eigenvalue weighted by Crippen LogP contribution is 2.26. The molecule has 2 rings (SSSR count). The van der Waals surface area contributed by atoms with E-state index in [-0.39, 0.29) is 12.1 Å². The second-order valence-corrected chi connectivity index (χ2v) is 7.50. The molecule has 0 radical (unpaired) electrons. The van der Waals surface area contributed by atoms with E-state index in [1.807, 2.05) is 0 Å². The van der Waals surface area contributed by atoms with Crippen LogP contribution in [0.5, 0.6) is 5.75 Å². The molecule has 0 spiro atoms. The van der Waals surface area contributed by atoms with Gasteiger partial charge in [0.25, 0.3) is 11.6 Å². The van der Waals surface area contributed by atoms with Gasteiger partial charge in [-0.25, -0.2) is 4.79 Å². The molecule has 0 bridgehead atoms. The second kappa shape index (κ2) is 9.65. The van der Waals surface area contributed by atoms with E-state index in [1.54, 1.807) is 18.2 Å². The van der Waals surface area contributed by atoms with E-state index in [2.05, 4.69) is 37.2 Å². The number of halogens is 2. The summed E-state index contributed by atoms with van der Waals surface area (Å²) in [5.41, 5.74) is 0.561. The number of benzene rings is 2. The van der Waals surface area contributed by atoms with Crippen LogP contribution >= 0.6 is 31.9 Å². The fourth-order valence-electron chi connectivity index (χ4n) is 2.52. The first-order valence-corrected chi connectivity index (χ1v) is 9.49. The number of rotatable bonds is 7. The molecule has 148 valence electrons. The maximum Gasteiger partial charge on any atom is 0.328 e. The molecule has 2 aromatic rings. The van der Waals surface area contributed by atoms with Gasteiger partial charge in [0.05, 0.1) is 19.1 Å². The fourth-order valence-corrected chi connectivity index (χ4v) is 3.81. The van der Waals surface area contributed by atoms with Crippen molar-refractivity contribution in [3.8, 4) is 5.75 Å². The van der Waals surface area contributed by atoms with E-state index in [0.717, 1.165) is 0 Å². The number of ether oxygens (including phenoxy) is 2. The van der Waals surface area contributed by atoms with Gasteiger partial charge in [-0.3, -0.25) is 14.9 Å². The van der Waals surface area contributed by atoms with Crippen molar-refractivity contribution in [2.45, 2.75) is 12.5 Å². The van der Waals surface area contributed by atoms with Crippen molar-refractivity contribution in [1.82, 2.24) is 5.32 Å². The number of nitrogens with one attached hydrogen (secondary N) is 1. The lowest BCUT2D eigenvalue weighted by Gasteiger charge is -2.18. The Bertz CT molecular complexity index is 899. The molecule has 1 amide bonds. The molecule has 0 heterocycles. The van der Waals surface area contributed by atoms with Crippen LogP contribution < -0.4 is 10.1 Å². The van der Waals surface area contributed by atoms with Crippen LogP contribution in [0.4, 0.5) is 5.69 Å². The summed E-state index contributed by atoms with van der Waals surface area (Å²) in [5, 5.41) is 13.7. The van der Waals surface area contributed by atoms with Gasteiger partial charge in [-0.15, -0.1) is 0 Å². The van der Waals surface area contributed by atoms with Gasteiger partial charge < -0.3 is 14.8 Å². The lowest BCUT2D eigenvalue weighted by atomic mass is 10.0. The summed E-state index contributed by atoms with van der Waals surface area (Å²) in [5.74, 6) is -0.822. The number of non-ortho nitro benzene ring substituents is 1. The Morgan fingerprint density at radius 3 is 2.32 bits per heavy atom. The molecule has 1 atom stereocenters. The van der Waals surface area contributed by atoms with Crippen LogP contribution in [-0.4, -0.2) is 37.1 Å². The molecule has 1 N–H and O–H groups in total. The first-order chi connectivity index (χ1) is 13.2. The number of nitro groups is 1. The number of esters is 1. The minimum atomic E-state index is -1.06. The molecule has 0 unspecified atom stereocenters. The number of nitrogens with zero attached hydrogens (tertiary/aromatic N) is 1. The zero-order valence-corrected chi connectivity index (χ0v) is 18.1. The van der Waals surface area contributed by atoms with Crippen molar-refractivity contribution in [3.05, 3.63) is 66.6 Å². The molecule has 0 aliphatic carbocycles. The van der Waals surface area contributed by atoms with Gasteiger partial charge in [-0.1, -0.05) is 31.9 Å². The van der Waals surface area contributed by atoms with Crippen LogP contribution in [0.2, 0.25) is 0 Å². The van der Waals surface area contributed by atoms with Crippen LogP contribution in [0.1, 0.15) is 15.9 Å². The van der Waals surface area contributed by atoms with Crippen molar-refractivity contribution in [2.24, 2.45) is 0 Å². The van der Waals surface area contributed by atoms with E-state index in [9.17, 15) is 19.7 Å². The summed E-state index contributed by atoms with van der Waals surface area (Å²) < 4.78 is 11.4. The number of hydrogen-bond acceptors (Lipinski definition) is 6. The quantitative estimate of drug-likeness (QED) is 0.342. The largest absolute Gasteiger partial charge is 0.496 e. The molecule has 0 aliphatic heterocycles. The lowest BCUT2D eigenvalue weighted by Crippen LogP contribution is -2.43. The minimum Gasteiger partial charge on any atom is -0.496 e. The van der Waals surface area contributed by atoms with Gasteiger partial charge in [0.15, 0.2) is 0 Å². The Kier molecular flexibility index (Phi) is 7.53. The average molecular weight is 516 g/mol. The Morgan fingerprint density at radius 1 is 1.14 bits per heavy atom. The van der Waals surface area contributed by atoms with Crippen LogP contribution in [0.15, 0.2) is 45.3 Å². The Morgan fingerprint density at radius 2 is 1.79 bits per heavy atom. The molecule has 0 aromatic heterocycles. The van der Waals surface area contributed by atoms with Crippen LogP contribution in [0.25, 0.3) is 0 Å². The maximum absolute atomic E-state index is 12.6. The first-order valence-electron chi connectivity index (χ1n) is 7.91. The molecule has 0 saturated heterocycles. The molecule has 8 nitrogen and oxygen atoms in total. The summed E-state index contributed by atoms with van der Waals surface area (Å²) in [6.45, 7) is 0. The van der Waals surface area contributed by atoms with Gasteiger partial charge >= 0.3 is 5.97 Å². The Hall–Kier alpha value is -2.46. The molecule has 2 aromatic carbocycles. The summed E-state index contributed by atoms with van der Waals surface area (Å²) in [6, 6.07) is 7.94. The predicted molar refractivity (Wildman–Crippen MR) is 108 cm³/mol. The minimum absolute atomic E-state index is 0.0432. The Balaban J connectivity index is 2.32. The first kappa shape index (κ1) is 21.8. The number of amides is 1. The topological polar surface area (TPSA) is 108 Å². The van der Waals surface area contributed by atoms with Gasteiger partial charge in [-0.2, -0.15) is 0 Å². The molecule has 0 fully saturated rings. The summed E-state index contributed by atoms with van der Waals surface area (Å²) >= 11 is 6.60. The highest BCUT2D eigenvalue weighted by molar-refractivity contribution is 9.11. The van der Waals surface area contributed by atoms with E-state index in [4.69, 9.17) is 9.47 Å². The second-order valence-electron chi connectivity index (χ2n) is 5.66. The van der Waals surface area contributed by atoms with E-state index in [0.29, 0.717) is 25.8 Å². The molecule has 10 heteroatoms. The lowest BCUT2D eigenvalue weighted by molar-refractivity contribution is -0.384. The predicted octanol–water partition coefficient (Wildman–Crippen LogP) is 3.64. The third kappa shape index (κ3) is 5.52. The fraction of sp³-hybridized carbons (Fsp3) is 0.222. The van der Waals surface area contributed by atoms with Crippen molar-refractivity contribution in [3.63, 3.8) is 0 Å². The van der Waals surface area contributed by atoms with Crippen molar-refractivity contribution in [2.75, 3.05) is 14.2 Å². The van der Waals surface area contributed by atoms with Crippen molar-refractivity contribution < 1.29 is 24.0 Å². The zero-order valence-electron chi connectivity index (χ0n) is 14.9. The standard InChI is InChI=1S/C18H16Br2N2O6/c1-27-16-4-3-14(22(25)26)7-10(16)8-15(18(24)28-2)21-17(23)11-5-12(19)9-13(20)6-11/h3-7,9,15H,8H2,1-2H3,(H,21,23)/t15-/m1/s1. The van der Waals surface area contributed by atoms with E-state index >= 15 is 0 Å². The van der Waals surface area contributed by atoms with Crippen molar-refractivity contribution in [1.29, 1.82) is 0 Å². The summed E-state index contributed by atoms with van der Waals surface area (Å²) in [7, 11) is 2.61. The van der Waals surface area contributed by atoms with Crippen LogP contribution in [-0.2, 0) is 16.0 Å². The number of carbonyl (C=O) groups is 2. The highest BCUT2D eigenvalue weighted by Gasteiger charge is 2.25. The number of hydrogen-bond donors (Lipinski definition) is 1. The molecule has 28 heavy (non-hydrogen) atoms. The average Bonchev–Trinajstić information content (AvgIpc) is 2.65. The number of nitro benzene ring substituents is 1. The zero-order chi connectivity index (χ0) is 20.8. The van der Waals surface area contributed by atoms with Crippen LogP contribution in [0.3, 0.4) is 0 Å². The van der Waals surface area contributed by atoms with Gasteiger partial charge in [-0.05, 0) is 24.3 Å². The summed E-state index contributed by atoms with van der Waals surface area (Å²) in [6.07, 6.45) is -0.0432. The molecular weight excluding hydrogens is 500 g/mol. The highest BCUT2D eigenvalue weighted by atomic mass is 79.9. The van der Waals surface area contributed by atoms with Gasteiger partial charge in [0.2, 0.25) is 0 Å². The van der Waals surface area contributed by atoms with E-state index in [1.165, 1.54) is 32.4 Å². The van der Waals surface area contributed by atoms with Gasteiger partial charge in [0.1, 0.15) is 11.8 Å². The third-order valence-electron chi connectivity index (χ3n) is 3.81. The van der Waals surface area contributed by atoms with Gasteiger partial charge in [0, 0.05) is 38.6 Å². The monoisotopic (exact) mass is 514 g/mol. The molecular formula is C18H16Br2N2O6. The third-order valence-corrected chi connectivity index (χ3v) is 4.73. The number of methoxy groups -OCH3 is 2. The number of carbonyl (C=O) groups excluding carboxylic acids is 2. The van der Waals surface area contributed by atoms with Crippen molar-refractivity contribution >= 4 is 49.4 Å². The maximum atomic E-state index is 12.6. The normalized spacial score (nSPS) is 11.4. The van der Waals surface area contributed by atoms with Crippen LogP contribution in [0, 0.1) is 10.1 Å². The molecule has 0 aliphatic rings. The molecule has 0 saturated carbocycles.